The molecular formula is C9H7ClF2N4O3S. The van der Waals surface area contributed by atoms with Crippen LogP contribution in [0.1, 0.15) is 5.56 Å². The molecule has 0 radical (unpaired) electrons. The number of nitrogens with two attached hydrogens (primary N) is 1. The number of benzene rings is 1. The third kappa shape index (κ3) is 2.66. The molecule has 0 spiro atoms. The number of halogens is 3. The minimum Gasteiger partial charge on any atom is -0.381 e. The Morgan fingerprint density at radius 1 is 1.45 bits per heavy atom. The molecule has 0 unspecified atom stereocenters. The molecule has 7 nitrogen and oxygen atoms in total. The van der Waals surface area contributed by atoms with Gasteiger partial charge in [0.1, 0.15) is 0 Å². The highest BCUT2D eigenvalue weighted by Gasteiger charge is 2.24. The van der Waals surface area contributed by atoms with Crippen molar-refractivity contribution >= 4 is 33.1 Å². The van der Waals surface area contributed by atoms with E-state index in [-0.39, 0.29) is 16.2 Å². The summed E-state index contributed by atoms with van der Waals surface area (Å²) >= 11 is 5.81. The Labute approximate surface area is 117 Å². The number of nitrogens with one attached hydrogen (secondary N) is 1. The van der Waals surface area contributed by atoms with Crippen molar-refractivity contribution in [2.24, 2.45) is 10.8 Å². The number of hydrazine groups is 1. The number of amidine groups is 1. The fourth-order valence-corrected chi connectivity index (χ4v) is 2.38. The second kappa shape index (κ2) is 4.89. The van der Waals surface area contributed by atoms with Crippen molar-refractivity contribution in [3.8, 4) is 0 Å². The summed E-state index contributed by atoms with van der Waals surface area (Å²) in [4.78, 5) is -0.473. The Morgan fingerprint density at radius 2 is 2.10 bits per heavy atom. The lowest BCUT2D eigenvalue weighted by Gasteiger charge is -2.19. The van der Waals surface area contributed by atoms with Crippen molar-refractivity contribution in [2.75, 3.05) is 0 Å². The van der Waals surface area contributed by atoms with E-state index in [0.717, 1.165) is 18.2 Å². The third-order valence-electron chi connectivity index (χ3n) is 2.37. The molecule has 1 aliphatic rings. The maximum absolute atomic E-state index is 13.6. The van der Waals surface area contributed by atoms with Crippen LogP contribution in [0.3, 0.4) is 0 Å². The predicted molar refractivity (Wildman–Crippen MR) is 67.0 cm³/mol. The van der Waals surface area contributed by atoms with Crippen LogP contribution in [0.4, 0.5) is 8.87 Å². The second-order valence-electron chi connectivity index (χ2n) is 3.66. The maximum atomic E-state index is 13.6. The fourth-order valence-electron chi connectivity index (χ4n) is 1.53. The summed E-state index contributed by atoms with van der Waals surface area (Å²) in [5, 5.41) is 2.50. The molecule has 0 bridgehead atoms. The fraction of sp³-hybridized carbons (Fsp3) is 0. The van der Waals surface area contributed by atoms with Gasteiger partial charge in [-0.15, -0.1) is 5.10 Å². The molecule has 2 rings (SSSR count). The first-order valence-corrected chi connectivity index (χ1v) is 6.76. The molecule has 1 aliphatic heterocycles. The lowest BCUT2D eigenvalue weighted by atomic mass is 10.1. The van der Waals surface area contributed by atoms with E-state index in [0.29, 0.717) is 0 Å². The van der Waals surface area contributed by atoms with Crippen LogP contribution >= 0.6 is 11.6 Å². The number of rotatable bonds is 2. The first-order valence-electron chi connectivity index (χ1n) is 4.94. The van der Waals surface area contributed by atoms with Gasteiger partial charge in [0.05, 0.1) is 15.5 Å². The van der Waals surface area contributed by atoms with E-state index >= 15 is 0 Å². The van der Waals surface area contributed by atoms with E-state index in [1.165, 1.54) is 0 Å². The quantitative estimate of drug-likeness (QED) is 0.428. The maximum Gasteiger partial charge on any atom is 0.294 e. The summed E-state index contributed by atoms with van der Waals surface area (Å²) in [7, 11) is -4.45. The van der Waals surface area contributed by atoms with Crippen molar-refractivity contribution in [3.63, 3.8) is 0 Å². The van der Waals surface area contributed by atoms with Gasteiger partial charge in [-0.2, -0.15) is 12.8 Å². The van der Waals surface area contributed by atoms with Crippen LogP contribution in [0, 0.1) is 0 Å². The summed E-state index contributed by atoms with van der Waals surface area (Å²) in [5.41, 5.74) is 6.66. The van der Waals surface area contributed by atoms with E-state index in [1.54, 1.807) is 5.43 Å². The standard InChI is InChI=1S/C9H7ClF2N4O3S/c10-6-3-4(20(17,18)19)1-2-5(6)7-8(11)14-16(12)15-9(7)13/h1-3,14H,(H2,13,15)(H,17,18,19). The number of hydrogen-bond acceptors (Lipinski definition) is 6. The Kier molecular flexibility index (Phi) is 3.54. The summed E-state index contributed by atoms with van der Waals surface area (Å²) < 4.78 is 57.1. The van der Waals surface area contributed by atoms with Crippen molar-refractivity contribution in [1.29, 1.82) is 0 Å². The highest BCUT2D eigenvalue weighted by atomic mass is 35.5. The average molecular weight is 325 g/mol. The molecule has 20 heavy (non-hydrogen) atoms. The van der Waals surface area contributed by atoms with Gasteiger partial charge < -0.3 is 5.73 Å². The highest BCUT2D eigenvalue weighted by molar-refractivity contribution is 7.85. The predicted octanol–water partition coefficient (Wildman–Crippen LogP) is 1.20. The molecule has 0 saturated heterocycles. The molecule has 0 aliphatic carbocycles. The largest absolute Gasteiger partial charge is 0.381 e. The van der Waals surface area contributed by atoms with Gasteiger partial charge in [0.15, 0.2) is 5.84 Å². The van der Waals surface area contributed by atoms with Gasteiger partial charge in [0.2, 0.25) is 5.95 Å². The molecule has 0 saturated carbocycles. The second-order valence-corrected chi connectivity index (χ2v) is 5.49. The number of nitrogens with zero attached hydrogens (tertiary/aromatic N) is 2. The molecule has 1 aromatic carbocycles. The van der Waals surface area contributed by atoms with Crippen LogP contribution in [0.25, 0.3) is 5.57 Å². The zero-order valence-electron chi connectivity index (χ0n) is 9.51. The van der Waals surface area contributed by atoms with Gasteiger partial charge in [0, 0.05) is 5.56 Å². The lowest BCUT2D eigenvalue weighted by molar-refractivity contribution is -0.0268. The highest BCUT2D eigenvalue weighted by Crippen LogP contribution is 2.30. The van der Waals surface area contributed by atoms with Gasteiger partial charge in [-0.25, -0.2) is 5.43 Å². The molecule has 0 amide bonds. The average Bonchev–Trinajstić information content (AvgIpc) is 2.28. The topological polar surface area (TPSA) is 108 Å². The molecule has 4 N–H and O–H groups in total. The number of hydrazone groups is 1. The summed E-state index contributed by atoms with van der Waals surface area (Å²) in [6, 6.07) is 3.01. The van der Waals surface area contributed by atoms with E-state index in [9.17, 15) is 17.3 Å². The Bertz CT molecular complexity index is 735. The van der Waals surface area contributed by atoms with Crippen molar-refractivity contribution in [3.05, 3.63) is 34.7 Å². The van der Waals surface area contributed by atoms with E-state index in [1.807, 2.05) is 0 Å². The first kappa shape index (κ1) is 14.5. The van der Waals surface area contributed by atoms with Gasteiger partial charge >= 0.3 is 0 Å². The Balaban J connectivity index is 2.55. The Hall–Kier alpha value is -1.91. The molecule has 0 atom stereocenters. The summed E-state index contributed by atoms with van der Waals surface area (Å²) in [6.07, 6.45) is 0. The third-order valence-corrected chi connectivity index (χ3v) is 3.53. The zero-order valence-corrected chi connectivity index (χ0v) is 11.1. The lowest BCUT2D eigenvalue weighted by Crippen LogP contribution is -2.34. The van der Waals surface area contributed by atoms with Gasteiger partial charge in [-0.05, 0) is 17.5 Å². The molecule has 108 valence electrons. The molecule has 0 aromatic heterocycles. The monoisotopic (exact) mass is 324 g/mol. The smallest absolute Gasteiger partial charge is 0.294 e. The Morgan fingerprint density at radius 3 is 2.60 bits per heavy atom. The van der Waals surface area contributed by atoms with Crippen molar-refractivity contribution < 1.29 is 21.8 Å². The van der Waals surface area contributed by atoms with Crippen LogP contribution < -0.4 is 11.2 Å². The molecular weight excluding hydrogens is 318 g/mol. The van der Waals surface area contributed by atoms with E-state index in [4.69, 9.17) is 21.9 Å². The molecule has 1 heterocycles. The van der Waals surface area contributed by atoms with Crippen LogP contribution in [-0.2, 0) is 10.1 Å². The normalized spacial score (nSPS) is 16.0. The van der Waals surface area contributed by atoms with Crippen LogP contribution in [0.5, 0.6) is 0 Å². The van der Waals surface area contributed by atoms with Gasteiger partial charge in [-0.3, -0.25) is 4.55 Å². The van der Waals surface area contributed by atoms with Crippen LogP contribution in [0.15, 0.2) is 34.1 Å². The van der Waals surface area contributed by atoms with Crippen molar-refractivity contribution in [1.82, 2.24) is 10.8 Å². The molecule has 0 fully saturated rings. The summed E-state index contributed by atoms with van der Waals surface area (Å²) in [5.74, 6) is -1.65. The SMILES string of the molecule is NC1=NN(F)NC(F)=C1c1ccc(S(=O)(=O)O)cc1Cl. The van der Waals surface area contributed by atoms with E-state index in [2.05, 4.69) is 5.10 Å². The number of hydrogen-bond donors (Lipinski definition) is 3. The molecule has 11 heteroatoms. The zero-order chi connectivity index (χ0) is 15.1. The molecule has 1 aromatic rings. The van der Waals surface area contributed by atoms with Gasteiger partial charge in [0.25, 0.3) is 10.1 Å². The summed E-state index contributed by atoms with van der Waals surface area (Å²) in [6.45, 7) is 0. The minimum absolute atomic E-state index is 0.0154. The van der Waals surface area contributed by atoms with E-state index < -0.39 is 32.1 Å². The van der Waals surface area contributed by atoms with Gasteiger partial charge in [-0.1, -0.05) is 22.1 Å². The van der Waals surface area contributed by atoms with Crippen LogP contribution in [-0.4, -0.2) is 24.1 Å². The van der Waals surface area contributed by atoms with Crippen molar-refractivity contribution in [2.45, 2.75) is 4.90 Å². The first-order chi connectivity index (χ1) is 9.20. The van der Waals surface area contributed by atoms with Crippen LogP contribution in [0.2, 0.25) is 5.02 Å². The minimum atomic E-state index is -4.45.